The van der Waals surface area contributed by atoms with Crippen LogP contribution in [0.4, 0.5) is 5.82 Å². The van der Waals surface area contributed by atoms with Crippen molar-refractivity contribution >= 4 is 18.2 Å². The summed E-state index contributed by atoms with van der Waals surface area (Å²) in [6.45, 7) is 2.12. The highest BCUT2D eigenvalue weighted by Crippen LogP contribution is 2.01. The molecule has 58 valence electrons. The average molecular weight is 162 g/mol. The SMILES string of the molecule is CCCc1cc(N)n[nH]1.Cl. The van der Waals surface area contributed by atoms with Gasteiger partial charge in [-0.2, -0.15) is 5.10 Å². The van der Waals surface area contributed by atoms with Crippen LogP contribution < -0.4 is 5.73 Å². The summed E-state index contributed by atoms with van der Waals surface area (Å²) >= 11 is 0. The molecule has 1 aromatic rings. The first-order valence-corrected chi connectivity index (χ1v) is 3.12. The molecule has 1 heterocycles. The fourth-order valence-corrected chi connectivity index (χ4v) is 0.777. The van der Waals surface area contributed by atoms with E-state index in [0.29, 0.717) is 5.82 Å². The predicted octanol–water partition coefficient (Wildman–Crippen LogP) is 1.37. The summed E-state index contributed by atoms with van der Waals surface area (Å²) in [6.07, 6.45) is 2.16. The number of hydrogen-bond acceptors (Lipinski definition) is 2. The van der Waals surface area contributed by atoms with Crippen molar-refractivity contribution in [3.8, 4) is 0 Å². The highest BCUT2D eigenvalue weighted by Gasteiger charge is 1.93. The van der Waals surface area contributed by atoms with E-state index in [1.165, 1.54) is 0 Å². The van der Waals surface area contributed by atoms with Gasteiger partial charge in [0.1, 0.15) is 5.82 Å². The largest absolute Gasteiger partial charge is 0.382 e. The van der Waals surface area contributed by atoms with Crippen molar-refractivity contribution in [3.63, 3.8) is 0 Å². The van der Waals surface area contributed by atoms with Gasteiger partial charge in [-0.05, 0) is 6.42 Å². The Morgan fingerprint density at radius 2 is 2.40 bits per heavy atom. The zero-order valence-electron chi connectivity index (χ0n) is 5.92. The molecule has 0 aliphatic carbocycles. The number of H-pyrrole nitrogens is 1. The molecule has 1 rings (SSSR count). The van der Waals surface area contributed by atoms with Gasteiger partial charge in [0.2, 0.25) is 0 Å². The maximum atomic E-state index is 5.37. The molecule has 0 saturated carbocycles. The number of nitrogens with two attached hydrogens (primary N) is 1. The molecular formula is C6H12ClN3. The second kappa shape index (κ2) is 4.17. The minimum atomic E-state index is 0. The van der Waals surface area contributed by atoms with Crippen LogP contribution in [0, 0.1) is 0 Å². The van der Waals surface area contributed by atoms with Gasteiger partial charge in [-0.15, -0.1) is 12.4 Å². The Hall–Kier alpha value is -0.700. The van der Waals surface area contributed by atoms with Gasteiger partial charge in [0.05, 0.1) is 0 Å². The van der Waals surface area contributed by atoms with Crippen molar-refractivity contribution < 1.29 is 0 Å². The van der Waals surface area contributed by atoms with Crippen molar-refractivity contribution in [1.82, 2.24) is 10.2 Å². The van der Waals surface area contributed by atoms with Gasteiger partial charge in [-0.3, -0.25) is 5.10 Å². The molecule has 0 spiro atoms. The molecule has 0 amide bonds. The highest BCUT2D eigenvalue weighted by atomic mass is 35.5. The van der Waals surface area contributed by atoms with Crippen LogP contribution in [0.1, 0.15) is 19.0 Å². The predicted molar refractivity (Wildman–Crippen MR) is 44.2 cm³/mol. The Bertz CT molecular complexity index is 185. The van der Waals surface area contributed by atoms with Crippen LogP contribution in [0.25, 0.3) is 0 Å². The molecule has 0 aromatic carbocycles. The molecule has 0 aliphatic rings. The number of nitrogen functional groups attached to an aromatic ring is 1. The van der Waals surface area contributed by atoms with Gasteiger partial charge in [-0.1, -0.05) is 13.3 Å². The Morgan fingerprint density at radius 3 is 2.80 bits per heavy atom. The lowest BCUT2D eigenvalue weighted by Gasteiger charge is -1.86. The first kappa shape index (κ1) is 9.30. The summed E-state index contributed by atoms with van der Waals surface area (Å²) in [5.74, 6) is 0.582. The Balaban J connectivity index is 0.000000810. The molecule has 0 bridgehead atoms. The van der Waals surface area contributed by atoms with Gasteiger partial charge >= 0.3 is 0 Å². The van der Waals surface area contributed by atoms with E-state index in [-0.39, 0.29) is 12.4 Å². The summed E-state index contributed by atoms with van der Waals surface area (Å²) in [6, 6.07) is 1.86. The zero-order chi connectivity index (χ0) is 6.69. The van der Waals surface area contributed by atoms with Crippen molar-refractivity contribution in [2.24, 2.45) is 0 Å². The van der Waals surface area contributed by atoms with Crippen LogP contribution >= 0.6 is 12.4 Å². The first-order chi connectivity index (χ1) is 4.33. The second-order valence-corrected chi connectivity index (χ2v) is 2.07. The molecule has 0 fully saturated rings. The summed E-state index contributed by atoms with van der Waals surface area (Å²) in [4.78, 5) is 0. The van der Waals surface area contributed by atoms with Gasteiger partial charge < -0.3 is 5.73 Å². The van der Waals surface area contributed by atoms with E-state index in [1.807, 2.05) is 6.07 Å². The molecular weight excluding hydrogens is 150 g/mol. The lowest BCUT2D eigenvalue weighted by molar-refractivity contribution is 0.867. The smallest absolute Gasteiger partial charge is 0.145 e. The van der Waals surface area contributed by atoms with Gasteiger partial charge in [0, 0.05) is 11.8 Å². The van der Waals surface area contributed by atoms with E-state index in [2.05, 4.69) is 17.1 Å². The van der Waals surface area contributed by atoms with Crippen molar-refractivity contribution in [1.29, 1.82) is 0 Å². The molecule has 3 N–H and O–H groups in total. The zero-order valence-corrected chi connectivity index (χ0v) is 6.74. The van der Waals surface area contributed by atoms with Crippen LogP contribution in [-0.4, -0.2) is 10.2 Å². The Labute approximate surface area is 66.4 Å². The third-order valence-corrected chi connectivity index (χ3v) is 1.17. The van der Waals surface area contributed by atoms with E-state index in [9.17, 15) is 0 Å². The molecule has 4 heteroatoms. The van der Waals surface area contributed by atoms with E-state index in [0.717, 1.165) is 18.5 Å². The minimum absolute atomic E-state index is 0. The molecule has 0 unspecified atom stereocenters. The normalized spacial score (nSPS) is 8.90. The molecule has 0 radical (unpaired) electrons. The number of anilines is 1. The van der Waals surface area contributed by atoms with Gasteiger partial charge in [-0.25, -0.2) is 0 Å². The first-order valence-electron chi connectivity index (χ1n) is 3.12. The number of rotatable bonds is 2. The number of halogens is 1. The minimum Gasteiger partial charge on any atom is -0.382 e. The maximum absolute atomic E-state index is 5.37. The van der Waals surface area contributed by atoms with Gasteiger partial charge in [0.25, 0.3) is 0 Å². The van der Waals surface area contributed by atoms with E-state index >= 15 is 0 Å². The molecule has 0 atom stereocenters. The molecule has 10 heavy (non-hydrogen) atoms. The number of aromatic amines is 1. The Morgan fingerprint density at radius 1 is 1.70 bits per heavy atom. The van der Waals surface area contributed by atoms with Crippen LogP contribution in [0.15, 0.2) is 6.07 Å². The number of aromatic nitrogens is 2. The summed E-state index contributed by atoms with van der Waals surface area (Å²) in [5, 5.41) is 6.62. The number of hydrogen-bond donors (Lipinski definition) is 2. The van der Waals surface area contributed by atoms with Crippen LogP contribution in [-0.2, 0) is 6.42 Å². The molecule has 1 aromatic heterocycles. The lowest BCUT2D eigenvalue weighted by Crippen LogP contribution is -1.81. The summed E-state index contributed by atoms with van der Waals surface area (Å²) in [5.41, 5.74) is 6.49. The number of nitrogens with one attached hydrogen (secondary N) is 1. The van der Waals surface area contributed by atoms with Crippen LogP contribution in [0.3, 0.4) is 0 Å². The average Bonchev–Trinajstić information content (AvgIpc) is 2.17. The molecule has 3 nitrogen and oxygen atoms in total. The Kier molecular flexibility index (Phi) is 3.88. The van der Waals surface area contributed by atoms with Gasteiger partial charge in [0.15, 0.2) is 0 Å². The monoisotopic (exact) mass is 161 g/mol. The lowest BCUT2D eigenvalue weighted by atomic mass is 10.2. The van der Waals surface area contributed by atoms with Crippen molar-refractivity contribution in [2.75, 3.05) is 5.73 Å². The van der Waals surface area contributed by atoms with E-state index < -0.39 is 0 Å². The topological polar surface area (TPSA) is 54.7 Å². The number of nitrogens with zero attached hydrogens (tertiary/aromatic N) is 1. The fourth-order valence-electron chi connectivity index (χ4n) is 0.777. The quantitative estimate of drug-likeness (QED) is 0.689. The third-order valence-electron chi connectivity index (χ3n) is 1.17. The standard InChI is InChI=1S/C6H11N3.ClH/c1-2-3-5-4-6(7)9-8-5;/h4H,2-3H2,1H3,(H3,7,8,9);1H. The highest BCUT2D eigenvalue weighted by molar-refractivity contribution is 5.85. The van der Waals surface area contributed by atoms with E-state index in [4.69, 9.17) is 5.73 Å². The van der Waals surface area contributed by atoms with Crippen LogP contribution in [0.5, 0.6) is 0 Å². The maximum Gasteiger partial charge on any atom is 0.145 e. The summed E-state index contributed by atoms with van der Waals surface area (Å²) < 4.78 is 0. The molecule has 0 saturated heterocycles. The third kappa shape index (κ3) is 2.27. The van der Waals surface area contributed by atoms with Crippen LogP contribution in [0.2, 0.25) is 0 Å². The van der Waals surface area contributed by atoms with Crippen molar-refractivity contribution in [3.05, 3.63) is 11.8 Å². The fraction of sp³-hybridized carbons (Fsp3) is 0.500. The van der Waals surface area contributed by atoms with E-state index in [1.54, 1.807) is 0 Å². The second-order valence-electron chi connectivity index (χ2n) is 2.07. The van der Waals surface area contributed by atoms with Crippen molar-refractivity contribution in [2.45, 2.75) is 19.8 Å². The number of aryl methyl sites for hydroxylation is 1. The summed E-state index contributed by atoms with van der Waals surface area (Å²) in [7, 11) is 0. The molecule has 0 aliphatic heterocycles.